The van der Waals surface area contributed by atoms with Crippen LogP contribution in [0.15, 0.2) is 22.7 Å². The molecule has 2 aromatic heterocycles. The van der Waals surface area contributed by atoms with Gasteiger partial charge in [-0.2, -0.15) is 18.2 Å². The second kappa shape index (κ2) is 8.76. The monoisotopic (exact) mass is 501 g/mol. The quantitative estimate of drug-likeness (QED) is 0.438. The fourth-order valence-corrected chi connectivity index (χ4v) is 6.00. The maximum atomic E-state index is 14.3. The van der Waals surface area contributed by atoms with Crippen LogP contribution in [-0.4, -0.2) is 52.6 Å². The van der Waals surface area contributed by atoms with Gasteiger partial charge in [0.1, 0.15) is 12.2 Å². The minimum Gasteiger partial charge on any atom is -0.378 e. The largest absolute Gasteiger partial charge is 0.393 e. The fourth-order valence-electron chi connectivity index (χ4n) is 4.01. The molecule has 7 nitrogen and oxygen atoms in total. The van der Waals surface area contributed by atoms with Crippen LogP contribution in [0.1, 0.15) is 23.9 Å². The predicted octanol–water partition coefficient (Wildman–Crippen LogP) is 4.67. The van der Waals surface area contributed by atoms with E-state index in [0.29, 0.717) is 34.5 Å². The van der Waals surface area contributed by atoms with Gasteiger partial charge in [0.2, 0.25) is 11.7 Å². The van der Waals surface area contributed by atoms with Crippen LogP contribution in [0.3, 0.4) is 0 Å². The summed E-state index contributed by atoms with van der Waals surface area (Å²) >= 11 is 2.18. The molecule has 0 radical (unpaired) electrons. The highest BCUT2D eigenvalue weighted by Gasteiger charge is 2.34. The van der Waals surface area contributed by atoms with Crippen molar-refractivity contribution < 1.29 is 26.9 Å². The third-order valence-corrected chi connectivity index (χ3v) is 7.72. The maximum Gasteiger partial charge on any atom is 0.393 e. The highest BCUT2D eigenvalue weighted by atomic mass is 32.2. The lowest BCUT2D eigenvalue weighted by Crippen LogP contribution is -2.45. The molecule has 2 saturated heterocycles. The van der Waals surface area contributed by atoms with E-state index in [2.05, 4.69) is 26.1 Å². The average Bonchev–Trinajstić information content (AvgIpc) is 3.48. The van der Waals surface area contributed by atoms with Gasteiger partial charge in [-0.1, -0.05) is 29.1 Å². The van der Waals surface area contributed by atoms with Crippen molar-refractivity contribution in [3.05, 3.63) is 29.7 Å². The van der Waals surface area contributed by atoms with Gasteiger partial charge in [0.25, 0.3) is 5.24 Å². The van der Waals surface area contributed by atoms with Crippen LogP contribution in [0.5, 0.6) is 0 Å². The molecule has 3 N–H and O–H groups in total. The summed E-state index contributed by atoms with van der Waals surface area (Å²) in [7, 11) is 0. The van der Waals surface area contributed by atoms with E-state index in [9.17, 15) is 22.4 Å². The summed E-state index contributed by atoms with van der Waals surface area (Å²) < 4.78 is 60.6. The van der Waals surface area contributed by atoms with E-state index >= 15 is 0 Å². The first-order valence-electron chi connectivity index (χ1n) is 10.3. The van der Waals surface area contributed by atoms with E-state index in [4.69, 9.17) is 4.52 Å². The number of carbonyl (C=O) groups is 1. The summed E-state index contributed by atoms with van der Waals surface area (Å²) in [5.41, 5.74) is 0.621. The third-order valence-electron chi connectivity index (χ3n) is 5.56. The van der Waals surface area contributed by atoms with Crippen LogP contribution >= 0.6 is 23.1 Å². The summed E-state index contributed by atoms with van der Waals surface area (Å²) in [6, 6.07) is 4.09. The van der Waals surface area contributed by atoms with Crippen LogP contribution in [0.2, 0.25) is 0 Å². The summed E-state index contributed by atoms with van der Waals surface area (Å²) in [5.74, 6) is 0.580. The number of alkyl halides is 4. The maximum absolute atomic E-state index is 14.3. The molecule has 0 saturated carbocycles. The molecule has 2 aliphatic heterocycles. The van der Waals surface area contributed by atoms with Gasteiger partial charge >= 0.3 is 6.18 Å². The zero-order chi connectivity index (χ0) is 23.2. The minimum atomic E-state index is -4.45. The molecule has 3 aromatic rings. The zero-order valence-corrected chi connectivity index (χ0v) is 18.7. The Morgan fingerprint density at radius 1 is 1.30 bits per heavy atom. The first-order chi connectivity index (χ1) is 15.8. The molecule has 0 aliphatic carbocycles. The number of amides is 1. The number of fused-ring (bicyclic) bond motifs is 1. The smallest absolute Gasteiger partial charge is 0.378 e. The molecular weight excluding hydrogens is 482 g/mol. The van der Waals surface area contributed by atoms with E-state index < -0.39 is 30.9 Å². The highest BCUT2D eigenvalue weighted by Crippen LogP contribution is 2.44. The summed E-state index contributed by atoms with van der Waals surface area (Å²) in [6.07, 6.45) is -6.16. The number of anilines is 1. The van der Waals surface area contributed by atoms with Gasteiger partial charge < -0.3 is 20.5 Å². The van der Waals surface area contributed by atoms with Gasteiger partial charge in [0.05, 0.1) is 27.7 Å². The number of aromatic nitrogens is 2. The standard InChI is InChI=1S/C20H19F4N5O2S2/c21-11-7-25-5-4-12(11)26-13-3-1-2-9-10(6-20(22,23)24)16(33-15(9)13)17-28-18(31-29-17)14-8-32-19(30)27-14/h1-3,11-12,14,25-26H,4-8H2,(H,27,30)/t11-,12+,14+/m0/s1. The van der Waals surface area contributed by atoms with Gasteiger partial charge in [0, 0.05) is 12.3 Å². The molecular formula is C20H19F4N5O2S2. The Labute approximate surface area is 193 Å². The lowest BCUT2D eigenvalue weighted by atomic mass is 10.0. The van der Waals surface area contributed by atoms with Gasteiger partial charge in [-0.05, 0) is 30.0 Å². The molecule has 1 aromatic carbocycles. The number of thioether (sulfide) groups is 1. The van der Waals surface area contributed by atoms with Crippen molar-refractivity contribution in [2.24, 2.45) is 0 Å². The SMILES string of the molecule is O=C1N[C@@H](c2nc(-c3sc4c(N[C@@H]5CCNC[C@@H]5F)cccc4c3CC(F)(F)F)no2)CS1. The molecule has 1 amide bonds. The molecule has 0 unspecified atom stereocenters. The number of nitrogens with zero attached hydrogens (tertiary/aromatic N) is 2. The molecule has 3 atom stereocenters. The second-order valence-corrected chi connectivity index (χ2v) is 9.91. The third kappa shape index (κ3) is 4.66. The molecule has 4 heterocycles. The number of nitrogens with one attached hydrogen (secondary N) is 3. The van der Waals surface area contributed by atoms with E-state index in [1.807, 2.05) is 0 Å². The van der Waals surface area contributed by atoms with Crippen molar-refractivity contribution >= 4 is 44.1 Å². The minimum absolute atomic E-state index is 0.0350. The van der Waals surface area contributed by atoms with Gasteiger partial charge in [-0.3, -0.25) is 4.79 Å². The first kappa shape index (κ1) is 22.4. The molecule has 2 fully saturated rings. The number of piperidine rings is 1. The molecule has 5 rings (SSSR count). The molecule has 2 aliphatic rings. The number of hydrogen-bond acceptors (Lipinski definition) is 8. The number of benzene rings is 1. The summed E-state index contributed by atoms with van der Waals surface area (Å²) in [5, 5.41) is 12.9. The van der Waals surface area contributed by atoms with Gasteiger partial charge in [-0.25, -0.2) is 4.39 Å². The van der Waals surface area contributed by atoms with Crippen molar-refractivity contribution in [3.63, 3.8) is 0 Å². The zero-order valence-electron chi connectivity index (χ0n) is 17.0. The molecule has 13 heteroatoms. The van der Waals surface area contributed by atoms with Crippen molar-refractivity contribution in [1.82, 2.24) is 20.8 Å². The lowest BCUT2D eigenvalue weighted by Gasteiger charge is -2.28. The Morgan fingerprint density at radius 3 is 2.88 bits per heavy atom. The first-order valence-corrected chi connectivity index (χ1v) is 12.1. The van der Waals surface area contributed by atoms with E-state index in [-0.39, 0.29) is 33.9 Å². The van der Waals surface area contributed by atoms with Crippen LogP contribution < -0.4 is 16.0 Å². The summed E-state index contributed by atoms with van der Waals surface area (Å²) in [6.45, 7) is 0.884. The number of rotatable bonds is 5. The highest BCUT2D eigenvalue weighted by molar-refractivity contribution is 8.13. The van der Waals surface area contributed by atoms with Crippen molar-refractivity contribution in [2.75, 3.05) is 24.2 Å². The Morgan fingerprint density at radius 2 is 2.15 bits per heavy atom. The van der Waals surface area contributed by atoms with Crippen molar-refractivity contribution in [2.45, 2.75) is 37.3 Å². The van der Waals surface area contributed by atoms with Crippen molar-refractivity contribution in [3.8, 4) is 10.7 Å². The lowest BCUT2D eigenvalue weighted by molar-refractivity contribution is -0.126. The van der Waals surface area contributed by atoms with Crippen LogP contribution in [0.25, 0.3) is 20.8 Å². The van der Waals surface area contributed by atoms with Crippen LogP contribution in [0.4, 0.5) is 28.0 Å². The van der Waals surface area contributed by atoms with Gasteiger partial charge in [-0.15, -0.1) is 11.3 Å². The topological polar surface area (TPSA) is 92.1 Å². The van der Waals surface area contributed by atoms with Crippen LogP contribution in [-0.2, 0) is 6.42 Å². The molecule has 0 bridgehead atoms. The number of halogens is 4. The second-order valence-electron chi connectivity index (χ2n) is 7.90. The van der Waals surface area contributed by atoms with E-state index in [1.54, 1.807) is 18.2 Å². The fraction of sp³-hybridized carbons (Fsp3) is 0.450. The normalized spacial score (nSPS) is 23.8. The molecule has 0 spiro atoms. The van der Waals surface area contributed by atoms with Gasteiger partial charge in [0.15, 0.2) is 0 Å². The number of hydrogen-bond donors (Lipinski definition) is 3. The van der Waals surface area contributed by atoms with E-state index in [0.717, 1.165) is 23.1 Å². The number of carbonyl (C=O) groups excluding carboxylic acids is 1. The molecule has 176 valence electrons. The molecule has 33 heavy (non-hydrogen) atoms. The Balaban J connectivity index is 1.55. The predicted molar refractivity (Wildman–Crippen MR) is 118 cm³/mol. The summed E-state index contributed by atoms with van der Waals surface area (Å²) in [4.78, 5) is 16.0. The average molecular weight is 502 g/mol. The van der Waals surface area contributed by atoms with E-state index in [1.165, 1.54) is 0 Å². The van der Waals surface area contributed by atoms with Crippen LogP contribution in [0, 0.1) is 0 Å². The Bertz CT molecular complexity index is 1180. The van der Waals surface area contributed by atoms with Crippen molar-refractivity contribution in [1.29, 1.82) is 0 Å². The Hall–Kier alpha value is -2.38. The number of thiophene rings is 1. The Kier molecular flexibility index (Phi) is 5.95.